The lowest BCUT2D eigenvalue weighted by molar-refractivity contribution is -0.146. The smallest absolute Gasteiger partial charge is 0.242 e. The molecule has 2 rings (SSSR count). The van der Waals surface area contributed by atoms with Crippen LogP contribution in [0.1, 0.15) is 141 Å². The van der Waals surface area contributed by atoms with Crippen molar-refractivity contribution in [2.45, 2.75) is 172 Å². The van der Waals surface area contributed by atoms with Gasteiger partial charge in [0.15, 0.2) is 0 Å². The van der Waals surface area contributed by atoms with Gasteiger partial charge in [-0.25, -0.2) is 0 Å². The monoisotopic (exact) mass is 810 g/mol. The second-order valence-electron chi connectivity index (χ2n) is 14.2. The van der Waals surface area contributed by atoms with Crippen molar-refractivity contribution in [2.75, 3.05) is 41.4 Å². The molecule has 1 aliphatic rings. The average Bonchev–Trinajstić information content (AvgIpc) is 3.72. The number of benzene rings is 1. The highest BCUT2D eigenvalue weighted by atomic mass is 16.5. The van der Waals surface area contributed by atoms with E-state index in [2.05, 4.69) is 29.8 Å². The van der Waals surface area contributed by atoms with Gasteiger partial charge < -0.3 is 40.3 Å². The molecule has 0 spiro atoms. The lowest BCUT2D eigenvalue weighted by Crippen LogP contribution is -2.55. The standard InChI is InChI=1S/C36H61N5O7.C3H8.3C2H6/c1-11-23(4)32(40(8)30(43)21-38-36(46)31(37-7)22(2)3)28(47-9)20-29(42)41-19-15-18-27(41)34(48-10)24(5)35(45)39-25(6)33(44)26-16-13-12-14-17-26;1-3-2;3*1-2/h12-14,16-17,22-25,27-28,31-34,37,44H,11,15,18-21H2,1-10H3,(H,38,46)(H,39,45);3H2,1-2H3;3*1-2H3. The van der Waals surface area contributed by atoms with Crippen LogP contribution in [0.3, 0.4) is 0 Å². The number of nitrogens with one attached hydrogen (secondary N) is 3. The molecule has 0 bridgehead atoms. The molecular weight excluding hydrogens is 723 g/mol. The molecule has 0 saturated carbocycles. The number of ether oxygens (including phenoxy) is 2. The first-order chi connectivity index (χ1) is 27.1. The van der Waals surface area contributed by atoms with Crippen molar-refractivity contribution in [3.63, 3.8) is 0 Å². The van der Waals surface area contributed by atoms with E-state index in [1.165, 1.54) is 6.42 Å². The molecule has 1 heterocycles. The SMILES string of the molecule is CC.CC.CC.CCC.CCC(C)C(C(CC(=O)N1CCCC1C(OC)C(C)C(=O)NC(C)C(O)c1ccccc1)OC)N(C)C(=O)CNC(=O)C(NC)C(C)C. The van der Waals surface area contributed by atoms with Gasteiger partial charge in [0, 0.05) is 27.8 Å². The van der Waals surface area contributed by atoms with E-state index in [1.807, 2.05) is 99.6 Å². The Hall–Kier alpha value is -3.06. The number of hydrogen-bond acceptors (Lipinski definition) is 8. The first kappa shape index (κ1) is 58.3. The Labute approximate surface area is 349 Å². The highest BCUT2D eigenvalue weighted by molar-refractivity contribution is 5.87. The molecule has 9 unspecified atom stereocenters. The van der Waals surface area contributed by atoms with Crippen molar-refractivity contribution < 1.29 is 33.8 Å². The van der Waals surface area contributed by atoms with E-state index in [0.717, 1.165) is 12.8 Å². The maximum absolute atomic E-state index is 13.9. The number of carbonyl (C=O) groups is 4. The number of rotatable bonds is 19. The van der Waals surface area contributed by atoms with Gasteiger partial charge >= 0.3 is 0 Å². The number of aliphatic hydroxyl groups is 1. The van der Waals surface area contributed by atoms with Gasteiger partial charge in [0.25, 0.3) is 0 Å². The zero-order chi connectivity index (χ0) is 44.8. The van der Waals surface area contributed by atoms with E-state index in [9.17, 15) is 24.3 Å². The molecule has 4 amide bonds. The Morgan fingerprint density at radius 2 is 1.44 bits per heavy atom. The summed E-state index contributed by atoms with van der Waals surface area (Å²) in [5.41, 5.74) is 0.711. The first-order valence-corrected chi connectivity index (χ1v) is 21.7. The summed E-state index contributed by atoms with van der Waals surface area (Å²) in [6.45, 7) is 28.1. The van der Waals surface area contributed by atoms with Crippen LogP contribution in [0.25, 0.3) is 0 Å². The number of amides is 4. The third kappa shape index (κ3) is 19.5. The van der Waals surface area contributed by atoms with Gasteiger partial charge in [0.05, 0.1) is 61.4 Å². The van der Waals surface area contributed by atoms with E-state index in [1.54, 1.807) is 52.0 Å². The van der Waals surface area contributed by atoms with Crippen LogP contribution in [0.2, 0.25) is 0 Å². The first-order valence-electron chi connectivity index (χ1n) is 21.7. The number of nitrogens with zero attached hydrogens (tertiary/aromatic N) is 2. The Bertz CT molecular complexity index is 1190. The van der Waals surface area contributed by atoms with Crippen molar-refractivity contribution in [2.24, 2.45) is 17.8 Å². The van der Waals surface area contributed by atoms with Gasteiger partial charge in [-0.1, -0.05) is 133 Å². The van der Waals surface area contributed by atoms with Crippen LogP contribution in [0.5, 0.6) is 0 Å². The van der Waals surface area contributed by atoms with Crippen LogP contribution in [0.15, 0.2) is 30.3 Å². The van der Waals surface area contributed by atoms with E-state index in [0.29, 0.717) is 18.5 Å². The molecule has 0 aliphatic carbocycles. The summed E-state index contributed by atoms with van der Waals surface area (Å²) in [7, 11) is 6.50. The van der Waals surface area contributed by atoms with E-state index >= 15 is 0 Å². The van der Waals surface area contributed by atoms with Gasteiger partial charge in [0.2, 0.25) is 23.6 Å². The second-order valence-corrected chi connectivity index (χ2v) is 14.2. The quantitative estimate of drug-likeness (QED) is 0.117. The summed E-state index contributed by atoms with van der Waals surface area (Å²) in [5, 5.41) is 19.4. The summed E-state index contributed by atoms with van der Waals surface area (Å²) in [6, 6.07) is 7.48. The predicted octanol–water partition coefficient (Wildman–Crippen LogP) is 7.00. The molecule has 0 aromatic heterocycles. The van der Waals surface area contributed by atoms with Gasteiger partial charge in [-0.3, -0.25) is 19.2 Å². The molecule has 57 heavy (non-hydrogen) atoms. The summed E-state index contributed by atoms with van der Waals surface area (Å²) < 4.78 is 11.8. The number of hydrogen-bond donors (Lipinski definition) is 4. The molecule has 1 aliphatic heterocycles. The Morgan fingerprint density at radius 1 is 0.895 bits per heavy atom. The van der Waals surface area contributed by atoms with Gasteiger partial charge in [-0.15, -0.1) is 0 Å². The molecule has 334 valence electrons. The number of likely N-dealkylation sites (N-methyl/N-ethyl adjacent to an activating group) is 2. The molecular formula is C45H87N5O7. The minimum absolute atomic E-state index is 0.00571. The van der Waals surface area contributed by atoms with Crippen LogP contribution in [0, 0.1) is 17.8 Å². The fraction of sp³-hybridized carbons (Fsp3) is 0.778. The molecule has 0 radical (unpaired) electrons. The fourth-order valence-electron chi connectivity index (χ4n) is 6.86. The normalized spacial score (nSPS) is 17.3. The zero-order valence-electron chi connectivity index (χ0n) is 39.4. The summed E-state index contributed by atoms with van der Waals surface area (Å²) in [5.74, 6) is -1.45. The van der Waals surface area contributed by atoms with Crippen LogP contribution in [-0.4, -0.2) is 116 Å². The lowest BCUT2D eigenvalue weighted by atomic mass is 9.90. The topological polar surface area (TPSA) is 150 Å². The summed E-state index contributed by atoms with van der Waals surface area (Å²) in [6.07, 6.45) is 1.45. The van der Waals surface area contributed by atoms with E-state index < -0.39 is 42.4 Å². The number of carbonyl (C=O) groups excluding carboxylic acids is 4. The molecule has 1 saturated heterocycles. The van der Waals surface area contributed by atoms with Crippen molar-refractivity contribution in [1.29, 1.82) is 0 Å². The fourth-order valence-corrected chi connectivity index (χ4v) is 6.86. The highest BCUT2D eigenvalue weighted by Crippen LogP contribution is 2.29. The lowest BCUT2D eigenvalue weighted by Gasteiger charge is -2.39. The van der Waals surface area contributed by atoms with Crippen molar-refractivity contribution in [3.05, 3.63) is 35.9 Å². The second kappa shape index (κ2) is 33.9. The van der Waals surface area contributed by atoms with Crippen LogP contribution in [0.4, 0.5) is 0 Å². The Balaban J connectivity index is -0.00000299. The zero-order valence-corrected chi connectivity index (χ0v) is 39.4. The highest BCUT2D eigenvalue weighted by Gasteiger charge is 2.42. The number of aliphatic hydroxyl groups excluding tert-OH is 1. The summed E-state index contributed by atoms with van der Waals surface area (Å²) in [4.78, 5) is 56.7. The minimum atomic E-state index is -0.871. The Kier molecular flexibility index (Phi) is 34.6. The summed E-state index contributed by atoms with van der Waals surface area (Å²) >= 11 is 0. The van der Waals surface area contributed by atoms with Crippen LogP contribution < -0.4 is 16.0 Å². The number of methoxy groups -OCH3 is 2. The predicted molar refractivity (Wildman–Crippen MR) is 236 cm³/mol. The van der Waals surface area contributed by atoms with Gasteiger partial charge in [0.1, 0.15) is 0 Å². The minimum Gasteiger partial charge on any atom is -0.386 e. The molecule has 4 N–H and O–H groups in total. The maximum Gasteiger partial charge on any atom is 0.242 e. The Morgan fingerprint density at radius 3 is 1.89 bits per heavy atom. The largest absolute Gasteiger partial charge is 0.386 e. The molecule has 9 atom stereocenters. The van der Waals surface area contributed by atoms with E-state index in [-0.39, 0.29) is 54.5 Å². The molecule has 1 aromatic rings. The van der Waals surface area contributed by atoms with Crippen molar-refractivity contribution in [3.8, 4) is 0 Å². The van der Waals surface area contributed by atoms with E-state index in [4.69, 9.17) is 9.47 Å². The van der Waals surface area contributed by atoms with Crippen molar-refractivity contribution >= 4 is 23.6 Å². The van der Waals surface area contributed by atoms with Crippen molar-refractivity contribution in [1.82, 2.24) is 25.8 Å². The third-order valence-electron chi connectivity index (χ3n) is 9.96. The molecule has 12 heteroatoms. The molecule has 1 fully saturated rings. The van der Waals surface area contributed by atoms with Gasteiger partial charge in [-0.2, -0.15) is 0 Å². The maximum atomic E-state index is 13.9. The average molecular weight is 810 g/mol. The van der Waals surface area contributed by atoms with Crippen LogP contribution in [-0.2, 0) is 28.7 Å². The molecule has 1 aromatic carbocycles. The number of likely N-dealkylation sites (tertiary alicyclic amines) is 1. The molecule has 12 nitrogen and oxygen atoms in total. The van der Waals surface area contributed by atoms with Crippen LogP contribution >= 0.6 is 0 Å². The third-order valence-corrected chi connectivity index (χ3v) is 9.96. The van der Waals surface area contributed by atoms with Gasteiger partial charge in [-0.05, 0) is 44.2 Å².